The number of hydrogen-bond acceptors (Lipinski definition) is 7. The van der Waals surface area contributed by atoms with Crippen LogP contribution in [0, 0.1) is 16.7 Å². The molecule has 0 amide bonds. The SMILES string of the molecule is [2H][C@@]1(N2CCC3(CCCC3N)CC2)N=C(C#N)c2c(n[nH]c2-c2ccc3nn(C)c(Cl)c3c2Cl)N1. The molecule has 1 spiro atoms. The fourth-order valence-electron chi connectivity index (χ4n) is 5.74. The first-order valence-corrected chi connectivity index (χ1v) is 12.2. The molecular formula is C23H25Cl2N9. The molecule has 1 aliphatic carbocycles. The molecule has 2 aromatic heterocycles. The van der Waals surface area contributed by atoms with Gasteiger partial charge in [-0.1, -0.05) is 29.6 Å². The second-order valence-electron chi connectivity index (χ2n) is 9.43. The number of aromatic amines is 1. The molecule has 3 aromatic rings. The molecule has 11 heteroatoms. The lowest BCUT2D eigenvalue weighted by molar-refractivity contribution is 0.0754. The average molecular weight is 499 g/mol. The van der Waals surface area contributed by atoms with Crippen LogP contribution in [0.2, 0.25) is 10.2 Å². The van der Waals surface area contributed by atoms with Crippen molar-refractivity contribution in [3.63, 3.8) is 0 Å². The molecule has 176 valence electrons. The van der Waals surface area contributed by atoms with Crippen molar-refractivity contribution in [2.24, 2.45) is 23.2 Å². The smallest absolute Gasteiger partial charge is 0.179 e. The quantitative estimate of drug-likeness (QED) is 0.492. The van der Waals surface area contributed by atoms with Crippen LogP contribution in [0.5, 0.6) is 0 Å². The zero-order chi connectivity index (χ0) is 24.5. The predicted molar refractivity (Wildman–Crippen MR) is 133 cm³/mol. The first-order chi connectivity index (χ1) is 16.8. The molecule has 0 bridgehead atoms. The number of aryl methyl sites for hydroxylation is 1. The number of piperidine rings is 1. The molecule has 4 N–H and O–H groups in total. The number of aliphatic imine (C=N–C) groups is 1. The number of anilines is 1. The number of fused-ring (bicyclic) bond motifs is 2. The maximum Gasteiger partial charge on any atom is 0.179 e. The van der Waals surface area contributed by atoms with Gasteiger partial charge in [0.05, 0.1) is 28.6 Å². The van der Waals surface area contributed by atoms with Gasteiger partial charge < -0.3 is 11.1 Å². The Morgan fingerprint density at radius 3 is 2.79 bits per heavy atom. The zero-order valence-corrected chi connectivity index (χ0v) is 20.2. The van der Waals surface area contributed by atoms with Crippen molar-refractivity contribution in [1.82, 2.24) is 24.9 Å². The number of likely N-dealkylation sites (tertiary alicyclic amines) is 1. The molecule has 6 rings (SSSR count). The molecule has 4 heterocycles. The minimum Gasteiger partial charge on any atom is -0.334 e. The number of halogens is 2. The number of nitriles is 1. The topological polar surface area (TPSA) is 124 Å². The highest BCUT2D eigenvalue weighted by Crippen LogP contribution is 2.46. The lowest BCUT2D eigenvalue weighted by atomic mass is 9.74. The van der Waals surface area contributed by atoms with Gasteiger partial charge in [0.15, 0.2) is 17.8 Å². The lowest BCUT2D eigenvalue weighted by Crippen LogP contribution is -2.52. The fourth-order valence-corrected chi connectivity index (χ4v) is 6.36. The maximum atomic E-state index is 10.0. The Kier molecular flexibility index (Phi) is 4.84. The third-order valence-electron chi connectivity index (χ3n) is 7.73. The molecule has 1 saturated heterocycles. The monoisotopic (exact) mass is 498 g/mol. The molecule has 2 aliphatic heterocycles. The first-order valence-electron chi connectivity index (χ1n) is 11.9. The molecule has 9 nitrogen and oxygen atoms in total. The number of nitrogens with zero attached hydrogens (tertiary/aromatic N) is 6. The van der Waals surface area contributed by atoms with Crippen LogP contribution in [0.4, 0.5) is 5.82 Å². The maximum absolute atomic E-state index is 10.0. The summed E-state index contributed by atoms with van der Waals surface area (Å²) in [5.41, 5.74) is 9.05. The van der Waals surface area contributed by atoms with Gasteiger partial charge >= 0.3 is 0 Å². The van der Waals surface area contributed by atoms with Gasteiger partial charge in [-0.3, -0.25) is 14.7 Å². The molecular weight excluding hydrogens is 473 g/mol. The van der Waals surface area contributed by atoms with Gasteiger partial charge in [0.25, 0.3) is 0 Å². The summed E-state index contributed by atoms with van der Waals surface area (Å²) in [5.74, 6) is 0.396. The Balaban J connectivity index is 1.36. The summed E-state index contributed by atoms with van der Waals surface area (Å²) in [4.78, 5) is 6.53. The van der Waals surface area contributed by atoms with E-state index in [-0.39, 0.29) is 17.2 Å². The molecule has 0 radical (unpaired) electrons. The Morgan fingerprint density at radius 1 is 1.29 bits per heavy atom. The van der Waals surface area contributed by atoms with E-state index in [2.05, 4.69) is 31.7 Å². The van der Waals surface area contributed by atoms with Crippen molar-refractivity contribution in [3.05, 3.63) is 27.9 Å². The van der Waals surface area contributed by atoms with Crippen molar-refractivity contribution in [2.75, 3.05) is 18.4 Å². The van der Waals surface area contributed by atoms with Crippen molar-refractivity contribution < 1.29 is 1.37 Å². The summed E-state index contributed by atoms with van der Waals surface area (Å²) >= 11 is 13.2. The summed E-state index contributed by atoms with van der Waals surface area (Å²) in [5, 5.41) is 26.4. The van der Waals surface area contributed by atoms with Gasteiger partial charge in [-0.25, -0.2) is 4.99 Å². The van der Waals surface area contributed by atoms with Crippen molar-refractivity contribution in [1.29, 1.82) is 5.26 Å². The van der Waals surface area contributed by atoms with Crippen LogP contribution < -0.4 is 11.1 Å². The molecule has 2 atom stereocenters. The summed E-state index contributed by atoms with van der Waals surface area (Å²) < 4.78 is 10.7. The van der Waals surface area contributed by atoms with E-state index in [0.29, 0.717) is 56.8 Å². The average Bonchev–Trinajstić information content (AvgIpc) is 3.50. The molecule has 2 fully saturated rings. The third-order valence-corrected chi connectivity index (χ3v) is 8.56. The van der Waals surface area contributed by atoms with Crippen LogP contribution >= 0.6 is 23.2 Å². The van der Waals surface area contributed by atoms with E-state index in [0.717, 1.165) is 25.7 Å². The summed E-state index contributed by atoms with van der Waals surface area (Å²) in [6.45, 7) is 1.36. The van der Waals surface area contributed by atoms with E-state index in [4.69, 9.17) is 30.3 Å². The van der Waals surface area contributed by atoms with E-state index in [1.807, 2.05) is 17.0 Å². The highest BCUT2D eigenvalue weighted by atomic mass is 35.5. The van der Waals surface area contributed by atoms with Crippen molar-refractivity contribution in [3.8, 4) is 17.3 Å². The number of nitrogens with two attached hydrogens (primary N) is 1. The van der Waals surface area contributed by atoms with E-state index >= 15 is 0 Å². The molecule has 34 heavy (non-hydrogen) atoms. The highest BCUT2D eigenvalue weighted by Gasteiger charge is 2.44. The number of nitrogens with one attached hydrogen (secondary N) is 2. The second kappa shape index (κ2) is 7.95. The van der Waals surface area contributed by atoms with Gasteiger partial charge in [0, 0.05) is 31.7 Å². The van der Waals surface area contributed by atoms with Gasteiger partial charge in [-0.2, -0.15) is 15.5 Å². The van der Waals surface area contributed by atoms with Gasteiger partial charge in [-0.15, -0.1) is 0 Å². The Bertz CT molecular complexity index is 1410. The zero-order valence-electron chi connectivity index (χ0n) is 19.7. The van der Waals surface area contributed by atoms with Gasteiger partial charge in [0.2, 0.25) is 0 Å². The van der Waals surface area contributed by atoms with Crippen LogP contribution in [0.15, 0.2) is 17.1 Å². The number of aromatic nitrogens is 4. The molecule has 1 aromatic carbocycles. The number of benzene rings is 1. The summed E-state index contributed by atoms with van der Waals surface area (Å²) in [6.07, 6.45) is 3.71. The standard InChI is InChI=1S/C23H25Cl2N9/c1-33-20(25)16-13(32-33)5-4-12(18(16)24)19-17-14(11-26)28-22(29-21(17)31-30-19)34-9-7-23(8-10-34)6-2-3-15(23)27/h4-5,15,22H,2-3,6-10,27H2,1H3,(H2,29,30,31)/t15?,22-/m1/s1/i22D. The lowest BCUT2D eigenvalue weighted by Gasteiger charge is -2.44. The number of hydrogen-bond donors (Lipinski definition) is 3. The fraction of sp³-hybridized carbons (Fsp3) is 0.478. The van der Waals surface area contributed by atoms with Gasteiger partial charge in [-0.05, 0) is 43.2 Å². The summed E-state index contributed by atoms with van der Waals surface area (Å²) in [7, 11) is 1.75. The molecule has 1 unspecified atom stereocenters. The van der Waals surface area contributed by atoms with Crippen LogP contribution in [0.25, 0.3) is 22.2 Å². The van der Waals surface area contributed by atoms with Crippen LogP contribution in [0.1, 0.15) is 39.0 Å². The summed E-state index contributed by atoms with van der Waals surface area (Å²) in [6, 6.07) is 6.03. The van der Waals surface area contributed by atoms with E-state index in [1.165, 1.54) is 6.42 Å². The van der Waals surface area contributed by atoms with Crippen molar-refractivity contribution >= 4 is 45.6 Å². The largest absolute Gasteiger partial charge is 0.334 e. The van der Waals surface area contributed by atoms with E-state index in [1.54, 1.807) is 11.7 Å². The minimum absolute atomic E-state index is 0.129. The normalized spacial score (nSPS) is 26.7. The Labute approximate surface area is 208 Å². The highest BCUT2D eigenvalue weighted by molar-refractivity contribution is 6.43. The number of rotatable bonds is 2. The van der Waals surface area contributed by atoms with E-state index < -0.39 is 6.27 Å². The molecule has 3 aliphatic rings. The number of H-pyrrole nitrogens is 1. The van der Waals surface area contributed by atoms with Crippen LogP contribution in [0.3, 0.4) is 0 Å². The van der Waals surface area contributed by atoms with Gasteiger partial charge in [0.1, 0.15) is 11.2 Å². The van der Waals surface area contributed by atoms with Crippen molar-refractivity contribution in [2.45, 2.75) is 44.4 Å². The predicted octanol–water partition coefficient (Wildman–Crippen LogP) is 3.89. The van der Waals surface area contributed by atoms with E-state index in [9.17, 15) is 5.26 Å². The third kappa shape index (κ3) is 3.17. The second-order valence-corrected chi connectivity index (χ2v) is 10.2. The first kappa shape index (κ1) is 20.7. The van der Waals surface area contributed by atoms with Crippen LogP contribution in [-0.2, 0) is 7.05 Å². The Hall–Kier alpha value is -2.64. The minimum atomic E-state index is -1.52. The Morgan fingerprint density at radius 2 is 2.09 bits per heavy atom. The van der Waals surface area contributed by atoms with Crippen LogP contribution in [-0.4, -0.2) is 56.0 Å². The molecule has 1 saturated carbocycles.